The van der Waals surface area contributed by atoms with Crippen molar-refractivity contribution in [3.8, 4) is 0 Å². The summed E-state index contributed by atoms with van der Waals surface area (Å²) in [6, 6.07) is 58.1. The van der Waals surface area contributed by atoms with E-state index >= 15 is 0 Å². The van der Waals surface area contributed by atoms with Gasteiger partial charge < -0.3 is 122 Å². The van der Waals surface area contributed by atoms with Gasteiger partial charge in [-0.25, -0.2) is 0 Å². The van der Waals surface area contributed by atoms with Gasteiger partial charge in [0.2, 0.25) is 41.6 Å². The molecule has 0 saturated carbocycles. The van der Waals surface area contributed by atoms with Gasteiger partial charge in [0.1, 0.15) is 30.0 Å². The van der Waals surface area contributed by atoms with Gasteiger partial charge in [0.15, 0.2) is 0 Å². The molecule has 0 saturated heterocycles. The zero-order valence-corrected chi connectivity index (χ0v) is 92.2. The second kappa shape index (κ2) is 62.1. The van der Waals surface area contributed by atoms with E-state index < -0.39 is 145 Å². The monoisotopic (exact) mass is 1960 g/mol. The fourth-order valence-corrected chi connectivity index (χ4v) is 52.6. The van der Waals surface area contributed by atoms with Crippen LogP contribution < -0.4 is 25.9 Å². The molecule has 0 amide bonds. The Kier molecular flexibility index (Phi) is 59.7. The molecule has 732 valence electrons. The summed E-state index contributed by atoms with van der Waals surface area (Å²) in [7, 11) is -14.5. The number of hydrogen-bond acceptors (Lipinski definition) is 26. The Morgan fingerprint density at radius 1 is 0.315 bits per heavy atom. The summed E-state index contributed by atoms with van der Waals surface area (Å²) in [4.78, 5) is 10.7. The average Bonchev–Trinajstić information content (AvgIpc) is 0.837. The third-order valence-corrected chi connectivity index (χ3v) is 61.6. The Balaban J connectivity index is 0.000000794. The van der Waals surface area contributed by atoms with Crippen molar-refractivity contribution in [2.24, 2.45) is 5.92 Å². The highest BCUT2D eigenvalue weighted by Crippen LogP contribution is 2.32. The third-order valence-electron chi connectivity index (χ3n) is 22.2. The van der Waals surface area contributed by atoms with E-state index in [-0.39, 0.29) is 33.0 Å². The van der Waals surface area contributed by atoms with Crippen molar-refractivity contribution < 1.29 is 122 Å². The molecular weight excluding hydrogens is 1790 g/mol. The first kappa shape index (κ1) is 122. The first-order chi connectivity index (χ1) is 59.4. The van der Waals surface area contributed by atoms with Gasteiger partial charge in [0.25, 0.3) is 0 Å². The first-order valence-electron chi connectivity index (χ1n) is 45.4. The smallest absolute Gasteiger partial charge is 0.432 e. The molecule has 5 aromatic rings. The van der Waals surface area contributed by atoms with Crippen LogP contribution >= 0.6 is 0 Å². The van der Waals surface area contributed by atoms with Crippen molar-refractivity contribution >= 4 is 111 Å². The fourth-order valence-electron chi connectivity index (χ4n) is 13.7. The Hall–Kier alpha value is -2.77. The minimum atomic E-state index is -3.27. The molecule has 15 unspecified atom stereocenters. The first-order valence-corrected chi connectivity index (χ1v) is 71.1. The lowest BCUT2D eigenvalue weighted by atomic mass is 10.0. The molecule has 0 aromatic heterocycles. The molecular formula is C91H172O26Si10. The van der Waals surface area contributed by atoms with E-state index in [2.05, 4.69) is 172 Å². The molecule has 11 N–H and O–H groups in total. The van der Waals surface area contributed by atoms with Crippen molar-refractivity contribution in [3.63, 3.8) is 0 Å². The van der Waals surface area contributed by atoms with Gasteiger partial charge in [-0.05, 0) is 220 Å². The topological polar surface area (TPSA) is 361 Å². The van der Waals surface area contributed by atoms with E-state index in [1.165, 1.54) is 34.8 Å². The lowest BCUT2D eigenvalue weighted by Crippen LogP contribution is -2.56. The summed E-state index contributed by atoms with van der Waals surface area (Å²) in [5.41, 5.74) is -1.22. The van der Waals surface area contributed by atoms with Crippen LogP contribution in [-0.2, 0) is 66.4 Å². The fraction of sp³-hybridized carbons (Fsp3) is 0.670. The Labute approximate surface area is 775 Å². The van der Waals surface area contributed by atoms with Gasteiger partial charge >= 0.3 is 43.0 Å². The second-order valence-electron chi connectivity index (χ2n) is 36.3. The SMILES string of the molecule is CCC[Si](CCCOCC(C)(O)C(C)O)(OC)O[Si](C)(C)c1ccccc1.CC[Si](CCCOCC(O)C(C)O)(OC)O[Si](C)(C)c1ccccc1.CO[Si](C)(CCCOCC(O)C(C)O)O[Si](C)(C)c1ccccc1.CO[Si](CCCOCC(O)C(C)O)(CC(C)C)O[Si](C)(C)c1ccccc1.CO[Si](O)(CCCOCC(O)C(C)O)O[Si](C)(C)c1ccccc1. The summed E-state index contributed by atoms with van der Waals surface area (Å²) < 4.78 is 89.4. The van der Waals surface area contributed by atoms with Gasteiger partial charge in [-0.2, -0.15) is 0 Å². The van der Waals surface area contributed by atoms with Crippen LogP contribution in [0.1, 0.15) is 108 Å². The number of aliphatic hydroxyl groups excluding tert-OH is 9. The highest BCUT2D eigenvalue weighted by molar-refractivity contribution is 6.94. The number of ether oxygens (including phenoxy) is 5. The Morgan fingerprint density at radius 3 is 0.858 bits per heavy atom. The standard InChI is InChI=1S/2C20H38O5Si2.C18H34O5Si2.C17H32O5Si2.C16H30O6Si2/c1-17(2)16-27(23-4,14-10-13-24-15-20(22)18(3)21)25-26(5,6)19-11-8-7-9-12-19;1-7-15-27(23-4,16-11-14-24-17-20(3,22)18(2)21)25-26(5,6)19-12-9-8-10-13-19;1-6-25(21-3,14-10-13-22-15-18(20)16(2)19)23-24(4,5)17-11-8-7-9-12-17;1-15(18)17(19)14-21-12-9-13-24(5,20-2)22-23(3,4)16-10-7-6-8-11-16;1-14(17)16(18)13-21-11-8-12-24(19,20-2)22-23(3,4)15-9-6-5-7-10-15/h7-9,11-12,17-18,20-22H,10,13-16H2,1-6H3;8-10,12-13,18,21-22H,7,11,14-17H2,1-6H3;7-9,11-12,16,18-20H,6,10,13-15H2,1-5H3;6-8,10-11,15,17-19H,9,12-14H2,1-5H3;5-7,9-10,14,16-19H,8,11-13H2,1-4H3. The Morgan fingerprint density at radius 2 is 0.583 bits per heavy atom. The number of rotatable bonds is 60. The minimum absolute atomic E-state index is 0.0652. The molecule has 0 aliphatic rings. The molecule has 5 rings (SSSR count). The number of benzene rings is 5. The van der Waals surface area contributed by atoms with Crippen molar-refractivity contribution in [2.45, 2.75) is 289 Å². The van der Waals surface area contributed by atoms with Gasteiger partial charge in [-0.3, -0.25) is 0 Å². The van der Waals surface area contributed by atoms with Crippen LogP contribution in [0.4, 0.5) is 0 Å². The summed E-state index contributed by atoms with van der Waals surface area (Å²) in [5.74, 6) is 0.496. The van der Waals surface area contributed by atoms with Gasteiger partial charge in [-0.1, -0.05) is 186 Å². The van der Waals surface area contributed by atoms with Crippen LogP contribution in [0.25, 0.3) is 0 Å². The van der Waals surface area contributed by atoms with Crippen molar-refractivity contribution in [1.82, 2.24) is 0 Å². The number of hydrogen-bond donors (Lipinski definition) is 11. The summed E-state index contributed by atoms with van der Waals surface area (Å²) in [5, 5.41) is 101. The normalized spacial score (nSPS) is 17.3. The van der Waals surface area contributed by atoms with Crippen molar-refractivity contribution in [3.05, 3.63) is 152 Å². The lowest BCUT2D eigenvalue weighted by Gasteiger charge is -2.38. The zero-order valence-electron chi connectivity index (χ0n) is 82.2. The van der Waals surface area contributed by atoms with E-state index in [4.69, 9.17) is 66.4 Å². The van der Waals surface area contributed by atoms with E-state index in [0.717, 1.165) is 79.6 Å². The van der Waals surface area contributed by atoms with Crippen LogP contribution in [0.3, 0.4) is 0 Å². The molecule has 0 heterocycles. The molecule has 36 heteroatoms. The largest absolute Gasteiger partial charge is 0.487 e. The molecule has 0 fully saturated rings. The molecule has 0 aliphatic carbocycles. The van der Waals surface area contributed by atoms with E-state index in [9.17, 15) is 55.9 Å². The van der Waals surface area contributed by atoms with Crippen LogP contribution in [0.15, 0.2) is 152 Å². The summed E-state index contributed by atoms with van der Waals surface area (Å²) in [6.07, 6.45) is -2.55. The molecule has 0 radical (unpaired) electrons. The Bertz CT molecular complexity index is 3450. The quantitative estimate of drug-likeness (QED) is 0.0127. The molecule has 127 heavy (non-hydrogen) atoms. The van der Waals surface area contributed by atoms with E-state index in [1.54, 1.807) is 63.1 Å². The van der Waals surface area contributed by atoms with Gasteiger partial charge in [-0.15, -0.1) is 0 Å². The predicted molar refractivity (Wildman–Crippen MR) is 535 cm³/mol. The average molecular weight is 1960 g/mol. The molecule has 26 nitrogen and oxygen atoms in total. The van der Waals surface area contributed by atoms with Gasteiger partial charge in [0, 0.05) is 74.6 Å². The molecule has 15 atom stereocenters. The zero-order chi connectivity index (χ0) is 96.4. The van der Waals surface area contributed by atoms with Gasteiger partial charge in [0.05, 0.1) is 63.6 Å². The maximum absolute atomic E-state index is 10.7. The maximum atomic E-state index is 10.7. The van der Waals surface area contributed by atoms with E-state index in [0.29, 0.717) is 51.4 Å². The van der Waals surface area contributed by atoms with Crippen LogP contribution in [0.5, 0.6) is 0 Å². The molecule has 0 aliphatic heterocycles. The molecule has 5 aromatic carbocycles. The van der Waals surface area contributed by atoms with E-state index in [1.807, 2.05) is 79.8 Å². The molecule has 0 bridgehead atoms. The summed E-state index contributed by atoms with van der Waals surface area (Å²) >= 11 is 0. The highest BCUT2D eigenvalue weighted by Gasteiger charge is 2.47. The highest BCUT2D eigenvalue weighted by atomic mass is 28.5. The van der Waals surface area contributed by atoms with Crippen LogP contribution in [0, 0.1) is 5.92 Å². The molecule has 0 spiro atoms. The lowest BCUT2D eigenvalue weighted by molar-refractivity contribution is -0.102. The van der Waals surface area contributed by atoms with Crippen molar-refractivity contribution in [2.75, 3.05) is 102 Å². The summed E-state index contributed by atoms with van der Waals surface area (Å²) in [6.45, 7) is 45.0. The number of aliphatic hydroxyl groups is 10. The third kappa shape index (κ3) is 49.0. The maximum Gasteiger partial charge on any atom is 0.487 e. The second-order valence-corrected chi connectivity index (χ2v) is 73.7. The van der Waals surface area contributed by atoms with Crippen LogP contribution in [-0.4, -0.2) is 303 Å². The van der Waals surface area contributed by atoms with Crippen LogP contribution in [0.2, 0.25) is 120 Å². The van der Waals surface area contributed by atoms with Crippen molar-refractivity contribution in [1.29, 1.82) is 0 Å². The predicted octanol–water partition coefficient (Wildman–Crippen LogP) is 11.4. The minimum Gasteiger partial charge on any atom is -0.432 e.